The van der Waals surface area contributed by atoms with Crippen molar-refractivity contribution in [1.29, 1.82) is 0 Å². The first-order valence-corrected chi connectivity index (χ1v) is 8.73. The molecular formula is C20H22ClNO. The maximum Gasteiger partial charge on any atom is 0.185 e. The summed E-state index contributed by atoms with van der Waals surface area (Å²) in [6.45, 7) is 0. The van der Waals surface area contributed by atoms with Gasteiger partial charge in [0.1, 0.15) is 0 Å². The number of ketones is 1. The third-order valence-corrected chi connectivity index (χ3v) is 4.87. The van der Waals surface area contributed by atoms with Crippen molar-refractivity contribution in [3.63, 3.8) is 0 Å². The van der Waals surface area contributed by atoms with Crippen LogP contribution in [0.4, 0.5) is 0 Å². The predicted octanol–water partition coefficient (Wildman–Crippen LogP) is 5.19. The number of hydrogen-bond donors (Lipinski definition) is 1. The Kier molecular flexibility index (Phi) is 5.47. The van der Waals surface area contributed by atoms with E-state index < -0.39 is 0 Å². The van der Waals surface area contributed by atoms with Gasteiger partial charge < -0.3 is 5.32 Å². The van der Waals surface area contributed by atoms with E-state index in [2.05, 4.69) is 5.32 Å². The second kappa shape index (κ2) is 7.76. The van der Waals surface area contributed by atoms with Gasteiger partial charge in [-0.1, -0.05) is 73.3 Å². The zero-order chi connectivity index (χ0) is 16.1. The zero-order valence-corrected chi connectivity index (χ0v) is 13.9. The molecule has 1 fully saturated rings. The van der Waals surface area contributed by atoms with Gasteiger partial charge in [0.05, 0.1) is 11.1 Å². The van der Waals surface area contributed by atoms with Crippen molar-refractivity contribution in [2.45, 2.75) is 44.2 Å². The molecule has 0 aliphatic heterocycles. The average molecular weight is 328 g/mol. The number of hydrogen-bond acceptors (Lipinski definition) is 2. The van der Waals surface area contributed by atoms with E-state index in [9.17, 15) is 4.79 Å². The summed E-state index contributed by atoms with van der Waals surface area (Å²) in [5.74, 6) is 0.0485. The summed E-state index contributed by atoms with van der Waals surface area (Å²) in [7, 11) is 0. The SMILES string of the molecule is O=C(c1ccccc1Cl)C(NC1CCCCC1)c1ccccc1. The molecule has 23 heavy (non-hydrogen) atoms. The predicted molar refractivity (Wildman–Crippen MR) is 95.0 cm³/mol. The Balaban J connectivity index is 1.88. The number of halogens is 1. The maximum atomic E-state index is 13.1. The van der Waals surface area contributed by atoms with Crippen LogP contribution in [0.15, 0.2) is 54.6 Å². The molecule has 0 amide bonds. The lowest BCUT2D eigenvalue weighted by molar-refractivity contribution is 0.0931. The van der Waals surface area contributed by atoms with Crippen molar-refractivity contribution in [2.24, 2.45) is 0 Å². The molecule has 2 aromatic carbocycles. The monoisotopic (exact) mass is 327 g/mol. The van der Waals surface area contributed by atoms with E-state index in [0.29, 0.717) is 16.6 Å². The smallest absolute Gasteiger partial charge is 0.185 e. The molecule has 1 aliphatic rings. The molecule has 0 heterocycles. The lowest BCUT2D eigenvalue weighted by Crippen LogP contribution is -2.38. The fourth-order valence-corrected chi connectivity index (χ4v) is 3.52. The number of nitrogens with one attached hydrogen (secondary N) is 1. The van der Waals surface area contributed by atoms with Crippen LogP contribution in [0.2, 0.25) is 5.02 Å². The molecule has 0 saturated heterocycles. The van der Waals surface area contributed by atoms with E-state index in [-0.39, 0.29) is 11.8 Å². The maximum absolute atomic E-state index is 13.1. The van der Waals surface area contributed by atoms with Gasteiger partial charge >= 0.3 is 0 Å². The number of carbonyl (C=O) groups is 1. The van der Waals surface area contributed by atoms with Crippen LogP contribution < -0.4 is 5.32 Å². The van der Waals surface area contributed by atoms with E-state index in [4.69, 9.17) is 11.6 Å². The average Bonchev–Trinajstić information content (AvgIpc) is 2.61. The van der Waals surface area contributed by atoms with Crippen LogP contribution in [-0.2, 0) is 0 Å². The van der Waals surface area contributed by atoms with Crippen molar-refractivity contribution in [1.82, 2.24) is 5.32 Å². The van der Waals surface area contributed by atoms with Gasteiger partial charge in [-0.2, -0.15) is 0 Å². The van der Waals surface area contributed by atoms with E-state index in [1.165, 1.54) is 19.3 Å². The van der Waals surface area contributed by atoms with Crippen LogP contribution in [0.5, 0.6) is 0 Å². The van der Waals surface area contributed by atoms with Gasteiger partial charge in [0.25, 0.3) is 0 Å². The fourth-order valence-electron chi connectivity index (χ4n) is 3.29. The van der Waals surface area contributed by atoms with Gasteiger partial charge in [0.15, 0.2) is 5.78 Å². The first kappa shape index (κ1) is 16.2. The van der Waals surface area contributed by atoms with Gasteiger partial charge in [0, 0.05) is 11.6 Å². The van der Waals surface area contributed by atoms with Crippen molar-refractivity contribution < 1.29 is 4.79 Å². The number of Topliss-reactive ketones (excluding diaryl/α,β-unsaturated/α-hetero) is 1. The Labute approximate surface area is 142 Å². The van der Waals surface area contributed by atoms with Gasteiger partial charge in [-0.15, -0.1) is 0 Å². The molecule has 3 rings (SSSR count). The molecule has 120 valence electrons. The van der Waals surface area contributed by atoms with Crippen molar-refractivity contribution in [2.75, 3.05) is 0 Å². The minimum absolute atomic E-state index is 0.0485. The van der Waals surface area contributed by atoms with Crippen LogP contribution in [0.3, 0.4) is 0 Å². The Bertz CT molecular complexity index is 650. The molecule has 0 spiro atoms. The third kappa shape index (κ3) is 4.01. The van der Waals surface area contributed by atoms with E-state index in [1.54, 1.807) is 6.07 Å². The lowest BCUT2D eigenvalue weighted by Gasteiger charge is -2.28. The van der Waals surface area contributed by atoms with Crippen molar-refractivity contribution >= 4 is 17.4 Å². The molecule has 1 saturated carbocycles. The fraction of sp³-hybridized carbons (Fsp3) is 0.350. The van der Waals surface area contributed by atoms with Crippen LogP contribution in [0.1, 0.15) is 54.1 Å². The summed E-state index contributed by atoms with van der Waals surface area (Å²) in [5, 5.41) is 4.11. The molecule has 1 unspecified atom stereocenters. The Morgan fingerprint density at radius 1 is 0.957 bits per heavy atom. The van der Waals surface area contributed by atoms with Gasteiger partial charge in [-0.3, -0.25) is 4.79 Å². The van der Waals surface area contributed by atoms with Gasteiger partial charge in [-0.05, 0) is 30.5 Å². The Morgan fingerprint density at radius 3 is 2.30 bits per heavy atom. The number of benzene rings is 2. The van der Waals surface area contributed by atoms with Crippen LogP contribution >= 0.6 is 11.6 Å². The first-order valence-electron chi connectivity index (χ1n) is 8.35. The summed E-state index contributed by atoms with van der Waals surface area (Å²) in [4.78, 5) is 13.1. The number of rotatable bonds is 5. The summed E-state index contributed by atoms with van der Waals surface area (Å²) < 4.78 is 0. The van der Waals surface area contributed by atoms with E-state index in [0.717, 1.165) is 18.4 Å². The second-order valence-electron chi connectivity index (χ2n) is 6.19. The molecule has 1 aliphatic carbocycles. The molecule has 2 nitrogen and oxygen atoms in total. The highest BCUT2D eigenvalue weighted by Crippen LogP contribution is 2.26. The van der Waals surface area contributed by atoms with Crippen molar-refractivity contribution in [3.05, 3.63) is 70.7 Å². The molecule has 0 bridgehead atoms. The normalized spacial score (nSPS) is 16.9. The summed E-state index contributed by atoms with van der Waals surface area (Å²) in [5.41, 5.74) is 1.59. The molecule has 3 heteroatoms. The Hall–Kier alpha value is -1.64. The largest absolute Gasteiger partial charge is 0.301 e. The van der Waals surface area contributed by atoms with Crippen LogP contribution in [0, 0.1) is 0 Å². The summed E-state index contributed by atoms with van der Waals surface area (Å²) >= 11 is 6.24. The lowest BCUT2D eigenvalue weighted by atomic mass is 9.91. The topological polar surface area (TPSA) is 29.1 Å². The Morgan fingerprint density at radius 2 is 1.61 bits per heavy atom. The second-order valence-corrected chi connectivity index (χ2v) is 6.60. The summed E-state index contributed by atoms with van der Waals surface area (Å²) in [6, 6.07) is 17.3. The third-order valence-electron chi connectivity index (χ3n) is 4.54. The molecule has 1 atom stereocenters. The molecular weight excluding hydrogens is 306 g/mol. The first-order chi connectivity index (χ1) is 11.3. The molecule has 0 aromatic heterocycles. The van der Waals surface area contributed by atoms with E-state index in [1.807, 2.05) is 48.5 Å². The minimum Gasteiger partial charge on any atom is -0.301 e. The highest BCUT2D eigenvalue weighted by molar-refractivity contribution is 6.34. The van der Waals surface area contributed by atoms with Crippen LogP contribution in [0.25, 0.3) is 0 Å². The van der Waals surface area contributed by atoms with Crippen LogP contribution in [-0.4, -0.2) is 11.8 Å². The van der Waals surface area contributed by atoms with Gasteiger partial charge in [-0.25, -0.2) is 0 Å². The number of carbonyl (C=O) groups excluding carboxylic acids is 1. The molecule has 1 N–H and O–H groups in total. The van der Waals surface area contributed by atoms with E-state index >= 15 is 0 Å². The zero-order valence-electron chi connectivity index (χ0n) is 13.2. The molecule has 2 aromatic rings. The highest BCUT2D eigenvalue weighted by atomic mass is 35.5. The molecule has 0 radical (unpaired) electrons. The highest BCUT2D eigenvalue weighted by Gasteiger charge is 2.26. The van der Waals surface area contributed by atoms with Crippen molar-refractivity contribution in [3.8, 4) is 0 Å². The quantitative estimate of drug-likeness (QED) is 0.766. The minimum atomic E-state index is -0.334. The summed E-state index contributed by atoms with van der Waals surface area (Å²) in [6.07, 6.45) is 6.05. The standard InChI is InChI=1S/C20H22ClNO/c21-18-14-8-7-13-17(18)20(23)19(15-9-3-1-4-10-15)22-16-11-5-2-6-12-16/h1,3-4,7-10,13-14,16,19,22H,2,5-6,11-12H2. The van der Waals surface area contributed by atoms with Gasteiger partial charge in [0.2, 0.25) is 0 Å².